The largest absolute Gasteiger partial charge is 0.386 e. The third kappa shape index (κ3) is 2.94. The fraction of sp³-hybridized carbons (Fsp3) is 0.625. The molecular formula is C8H14F2N4O3S. The molecule has 104 valence electrons. The quantitative estimate of drug-likeness (QED) is 0.656. The van der Waals surface area contributed by atoms with Crippen molar-refractivity contribution in [3.05, 3.63) is 5.69 Å². The number of hydrogen-bond acceptors (Lipinski definition) is 5. The summed E-state index contributed by atoms with van der Waals surface area (Å²) < 4.78 is 50.8. The lowest BCUT2D eigenvalue weighted by atomic mass is 10.4. The number of aliphatic hydroxyl groups is 1. The predicted molar refractivity (Wildman–Crippen MR) is 59.6 cm³/mol. The highest BCUT2D eigenvalue weighted by Crippen LogP contribution is 2.20. The minimum absolute atomic E-state index is 0.228. The van der Waals surface area contributed by atoms with Crippen molar-refractivity contribution in [2.75, 3.05) is 12.3 Å². The van der Waals surface area contributed by atoms with Gasteiger partial charge in [-0.15, -0.1) is 0 Å². The van der Waals surface area contributed by atoms with Gasteiger partial charge in [0.05, 0.1) is 5.69 Å². The minimum Gasteiger partial charge on any atom is -0.386 e. The highest BCUT2D eigenvalue weighted by atomic mass is 32.2. The van der Waals surface area contributed by atoms with Crippen molar-refractivity contribution in [3.63, 3.8) is 0 Å². The zero-order valence-electron chi connectivity index (χ0n) is 9.76. The van der Waals surface area contributed by atoms with Crippen LogP contribution in [0.5, 0.6) is 0 Å². The first-order valence-electron chi connectivity index (χ1n) is 4.91. The lowest BCUT2D eigenvalue weighted by Crippen LogP contribution is -2.36. The molecule has 0 aliphatic heterocycles. The Bertz CT molecular complexity index is 529. The fourth-order valence-electron chi connectivity index (χ4n) is 1.30. The van der Waals surface area contributed by atoms with Crippen LogP contribution in [0.4, 0.5) is 14.6 Å². The molecule has 1 heterocycles. The molecule has 0 aliphatic rings. The van der Waals surface area contributed by atoms with E-state index in [1.165, 1.54) is 18.7 Å². The molecule has 4 N–H and O–H groups in total. The molecule has 0 amide bonds. The topological polar surface area (TPSA) is 110 Å². The molecule has 1 rings (SSSR count). The van der Waals surface area contributed by atoms with Gasteiger partial charge in [0, 0.05) is 13.6 Å². The number of nitrogens with one attached hydrogen (secondary N) is 1. The molecule has 0 spiro atoms. The molecule has 0 aromatic carbocycles. The molecule has 0 radical (unpaired) electrons. The van der Waals surface area contributed by atoms with E-state index in [9.17, 15) is 17.2 Å². The van der Waals surface area contributed by atoms with E-state index in [1.54, 1.807) is 0 Å². The summed E-state index contributed by atoms with van der Waals surface area (Å²) in [6.45, 7) is 0.676. The van der Waals surface area contributed by atoms with E-state index in [0.717, 1.165) is 0 Å². The summed E-state index contributed by atoms with van der Waals surface area (Å²) in [5.41, 5.74) is 5.70. The van der Waals surface area contributed by atoms with Crippen molar-refractivity contribution in [2.24, 2.45) is 7.05 Å². The molecule has 1 atom stereocenters. The number of sulfonamides is 1. The van der Waals surface area contributed by atoms with Crippen molar-refractivity contribution >= 4 is 15.8 Å². The van der Waals surface area contributed by atoms with Gasteiger partial charge in [-0.3, -0.25) is 4.68 Å². The third-order valence-electron chi connectivity index (χ3n) is 2.35. The fourth-order valence-corrected chi connectivity index (χ4v) is 2.67. The van der Waals surface area contributed by atoms with Crippen LogP contribution in [0.25, 0.3) is 0 Å². The predicted octanol–water partition coefficient (Wildman–Crippen LogP) is -0.785. The number of nitrogens with zero attached hydrogens (tertiary/aromatic N) is 2. The summed E-state index contributed by atoms with van der Waals surface area (Å²) in [5, 5.41) is 12.6. The molecular weight excluding hydrogens is 270 g/mol. The zero-order valence-corrected chi connectivity index (χ0v) is 10.6. The van der Waals surface area contributed by atoms with Crippen LogP contribution in [0.3, 0.4) is 0 Å². The number of nitrogen functional groups attached to an aromatic ring is 1. The van der Waals surface area contributed by atoms with Crippen LogP contribution in [0, 0.1) is 6.92 Å². The first-order chi connectivity index (χ1) is 8.16. The summed E-state index contributed by atoms with van der Waals surface area (Å²) in [6, 6.07) is 0. The second kappa shape index (κ2) is 5.16. The molecule has 1 aromatic rings. The van der Waals surface area contributed by atoms with Crippen LogP contribution < -0.4 is 10.5 Å². The van der Waals surface area contributed by atoms with Gasteiger partial charge in [0.25, 0.3) is 6.43 Å². The van der Waals surface area contributed by atoms with Crippen molar-refractivity contribution < 1.29 is 22.3 Å². The van der Waals surface area contributed by atoms with Gasteiger partial charge >= 0.3 is 0 Å². The van der Waals surface area contributed by atoms with Crippen molar-refractivity contribution in [3.8, 4) is 0 Å². The first-order valence-corrected chi connectivity index (χ1v) is 6.40. The van der Waals surface area contributed by atoms with Gasteiger partial charge in [0.15, 0.2) is 5.82 Å². The second-order valence-electron chi connectivity index (χ2n) is 3.68. The van der Waals surface area contributed by atoms with Gasteiger partial charge in [-0.05, 0) is 6.92 Å². The number of aromatic nitrogens is 2. The average molecular weight is 284 g/mol. The molecule has 7 nitrogen and oxygen atoms in total. The van der Waals surface area contributed by atoms with E-state index < -0.39 is 29.1 Å². The number of aliphatic hydroxyl groups excluding tert-OH is 1. The number of halogens is 2. The summed E-state index contributed by atoms with van der Waals surface area (Å²) in [4.78, 5) is -0.272. The summed E-state index contributed by atoms with van der Waals surface area (Å²) in [7, 11) is -2.58. The maximum absolute atomic E-state index is 12.0. The van der Waals surface area contributed by atoms with Crippen molar-refractivity contribution in [2.45, 2.75) is 24.3 Å². The highest BCUT2D eigenvalue weighted by molar-refractivity contribution is 7.89. The van der Waals surface area contributed by atoms with Crippen LogP contribution in [0.15, 0.2) is 4.90 Å². The van der Waals surface area contributed by atoms with E-state index >= 15 is 0 Å². The van der Waals surface area contributed by atoms with E-state index in [2.05, 4.69) is 5.10 Å². The van der Waals surface area contributed by atoms with E-state index in [0.29, 0.717) is 0 Å². The maximum atomic E-state index is 12.0. The van der Waals surface area contributed by atoms with Gasteiger partial charge in [-0.2, -0.15) is 5.10 Å². The second-order valence-corrected chi connectivity index (χ2v) is 5.38. The Balaban J connectivity index is 2.94. The van der Waals surface area contributed by atoms with Crippen LogP contribution >= 0.6 is 0 Å². The maximum Gasteiger partial charge on any atom is 0.265 e. The summed E-state index contributed by atoms with van der Waals surface area (Å²) in [5.74, 6) is -0.228. The highest BCUT2D eigenvalue weighted by Gasteiger charge is 2.26. The number of aryl methyl sites for hydroxylation is 1. The van der Waals surface area contributed by atoms with Crippen molar-refractivity contribution in [1.29, 1.82) is 0 Å². The Morgan fingerprint density at radius 3 is 2.50 bits per heavy atom. The Hall–Kier alpha value is -1.26. The third-order valence-corrected chi connectivity index (χ3v) is 3.94. The zero-order chi connectivity index (χ0) is 14.1. The first kappa shape index (κ1) is 14.8. The number of hydrogen-bond donors (Lipinski definition) is 3. The van der Waals surface area contributed by atoms with Crippen LogP contribution in [-0.2, 0) is 17.1 Å². The lowest BCUT2D eigenvalue weighted by Gasteiger charge is -2.11. The van der Waals surface area contributed by atoms with Crippen molar-refractivity contribution in [1.82, 2.24) is 14.5 Å². The van der Waals surface area contributed by atoms with E-state index in [-0.39, 0.29) is 16.4 Å². The van der Waals surface area contributed by atoms with Gasteiger partial charge in [0.1, 0.15) is 11.0 Å². The van der Waals surface area contributed by atoms with Gasteiger partial charge in [-0.25, -0.2) is 21.9 Å². The smallest absolute Gasteiger partial charge is 0.265 e. The SMILES string of the molecule is Cc1c(S(=O)(=O)NCC(O)C(F)F)c(N)nn1C. The van der Waals surface area contributed by atoms with E-state index in [1.807, 2.05) is 4.72 Å². The monoisotopic (exact) mass is 284 g/mol. The minimum atomic E-state index is -4.08. The Morgan fingerprint density at radius 2 is 2.11 bits per heavy atom. The molecule has 0 saturated carbocycles. The molecule has 10 heteroatoms. The van der Waals surface area contributed by atoms with Crippen LogP contribution in [0.1, 0.15) is 5.69 Å². The van der Waals surface area contributed by atoms with Crippen LogP contribution in [0.2, 0.25) is 0 Å². The van der Waals surface area contributed by atoms with Gasteiger partial charge in [-0.1, -0.05) is 0 Å². The van der Waals surface area contributed by atoms with Crippen LogP contribution in [-0.4, -0.2) is 42.4 Å². The molecule has 1 unspecified atom stereocenters. The van der Waals surface area contributed by atoms with Gasteiger partial charge in [0.2, 0.25) is 10.0 Å². The molecule has 1 aromatic heterocycles. The summed E-state index contributed by atoms with van der Waals surface area (Å²) in [6.07, 6.45) is -5.10. The molecule has 0 aliphatic carbocycles. The Labute approximate surface area is 103 Å². The Morgan fingerprint density at radius 1 is 1.56 bits per heavy atom. The lowest BCUT2D eigenvalue weighted by molar-refractivity contribution is -0.000451. The molecule has 0 fully saturated rings. The molecule has 0 bridgehead atoms. The standard InChI is InChI=1S/C8H14F2N4O3S/c1-4-6(8(11)13-14(4)2)18(16,17)12-3-5(15)7(9)10/h5,7,12,15H,3H2,1-2H3,(H2,11,13). The Kier molecular flexibility index (Phi) is 4.24. The van der Waals surface area contributed by atoms with Gasteiger partial charge < -0.3 is 10.8 Å². The summed E-state index contributed by atoms with van der Waals surface area (Å²) >= 11 is 0. The van der Waals surface area contributed by atoms with E-state index in [4.69, 9.17) is 10.8 Å². The number of alkyl halides is 2. The number of nitrogens with two attached hydrogens (primary N) is 1. The molecule has 0 saturated heterocycles. The number of rotatable bonds is 5. The molecule has 18 heavy (non-hydrogen) atoms. The normalized spacial score (nSPS) is 14.1. The number of anilines is 1. The average Bonchev–Trinajstić information content (AvgIpc) is 2.50.